The lowest BCUT2D eigenvalue weighted by atomic mass is 9.53. The molecule has 0 spiro atoms. The highest BCUT2D eigenvalue weighted by Gasteiger charge is 2.53. The molecule has 0 N–H and O–H groups in total. The topological polar surface area (TPSA) is 3.24 Å². The van der Waals surface area contributed by atoms with Crippen LogP contribution < -0.4 is 4.90 Å². The van der Waals surface area contributed by atoms with E-state index in [1.165, 1.54) is 16.8 Å². The van der Waals surface area contributed by atoms with Gasteiger partial charge in [-0.2, -0.15) is 0 Å². The molecule has 1 saturated carbocycles. The Morgan fingerprint density at radius 3 is 2.38 bits per heavy atom. The molecule has 82 valence electrons. The van der Waals surface area contributed by atoms with Crippen molar-refractivity contribution >= 4 is 5.69 Å². The van der Waals surface area contributed by atoms with Gasteiger partial charge in [-0.25, -0.2) is 0 Å². The fourth-order valence-corrected chi connectivity index (χ4v) is 3.03. The Morgan fingerprint density at radius 2 is 1.81 bits per heavy atom. The summed E-state index contributed by atoms with van der Waals surface area (Å²) in [6.07, 6.45) is 0. The normalized spacial score (nSPS) is 32.6. The van der Waals surface area contributed by atoms with Crippen LogP contribution in [0.1, 0.15) is 6.92 Å². The Hall–Kier alpha value is -1.50. The molecule has 1 aromatic rings. The Balaban J connectivity index is 1.90. The second-order valence-electron chi connectivity index (χ2n) is 5.15. The highest BCUT2D eigenvalue weighted by molar-refractivity contribution is 5.57. The van der Waals surface area contributed by atoms with E-state index in [1.54, 1.807) is 0 Å². The molecule has 1 heteroatoms. The maximum absolute atomic E-state index is 4.21. The summed E-state index contributed by atoms with van der Waals surface area (Å²) < 4.78 is 0. The van der Waals surface area contributed by atoms with Crippen molar-refractivity contribution in [2.45, 2.75) is 6.92 Å². The molecule has 0 radical (unpaired) electrons. The van der Waals surface area contributed by atoms with Gasteiger partial charge in [0, 0.05) is 30.1 Å². The molecule has 0 atom stereocenters. The molecule has 3 fully saturated rings. The molecule has 1 nitrogen and oxygen atoms in total. The van der Waals surface area contributed by atoms with Gasteiger partial charge in [0.2, 0.25) is 0 Å². The molecule has 2 heterocycles. The Bertz CT molecular complexity index is 442. The molecule has 1 aromatic carbocycles. The monoisotopic (exact) mass is 211 g/mol. The van der Waals surface area contributed by atoms with Crippen molar-refractivity contribution in [1.29, 1.82) is 0 Å². The lowest BCUT2D eigenvalue weighted by molar-refractivity contribution is 0.264. The molecule has 0 aromatic heterocycles. The van der Waals surface area contributed by atoms with E-state index in [1.807, 2.05) is 0 Å². The third-order valence-corrected chi connectivity index (χ3v) is 4.29. The van der Waals surface area contributed by atoms with E-state index >= 15 is 0 Å². The van der Waals surface area contributed by atoms with Crippen molar-refractivity contribution in [3.63, 3.8) is 0 Å². The van der Waals surface area contributed by atoms with Crippen LogP contribution in [0, 0.1) is 11.3 Å². The molecular weight excluding hydrogens is 194 g/mol. The van der Waals surface area contributed by atoms with Gasteiger partial charge in [-0.3, -0.25) is 0 Å². The summed E-state index contributed by atoms with van der Waals surface area (Å²) in [6, 6.07) is 10.6. The van der Waals surface area contributed by atoms with Crippen LogP contribution in [-0.2, 0) is 0 Å². The minimum absolute atomic E-state index is 0.152. The predicted molar refractivity (Wildman–Crippen MR) is 68.5 cm³/mol. The molecule has 2 aliphatic heterocycles. The van der Waals surface area contributed by atoms with E-state index in [0.717, 1.165) is 13.1 Å². The summed E-state index contributed by atoms with van der Waals surface area (Å²) >= 11 is 0. The van der Waals surface area contributed by atoms with Crippen molar-refractivity contribution < 1.29 is 0 Å². The summed E-state index contributed by atoms with van der Waals surface area (Å²) in [4.78, 5) is 2.45. The maximum Gasteiger partial charge on any atom is 0.0366 e. The first-order valence-electron chi connectivity index (χ1n) is 5.81. The maximum atomic E-state index is 4.21. The number of hydrogen-bond donors (Lipinski definition) is 0. The standard InChI is InChI=1S/C15H17N/c1-11-14-9-16(10-15(11,3)12(14)2)13-7-5-4-6-8-13/h4-8,14H,1-2,9-10H2,3H3. The average molecular weight is 211 g/mol. The van der Waals surface area contributed by atoms with E-state index in [4.69, 9.17) is 0 Å². The van der Waals surface area contributed by atoms with Gasteiger partial charge in [0.1, 0.15) is 0 Å². The van der Waals surface area contributed by atoms with Crippen LogP contribution >= 0.6 is 0 Å². The summed E-state index contributed by atoms with van der Waals surface area (Å²) in [7, 11) is 0. The molecule has 2 saturated heterocycles. The fraction of sp³-hybridized carbons (Fsp3) is 0.333. The quantitative estimate of drug-likeness (QED) is 0.644. The van der Waals surface area contributed by atoms with Crippen molar-refractivity contribution in [1.82, 2.24) is 0 Å². The number of fused-ring (bicyclic) bond motifs is 2. The summed E-state index contributed by atoms with van der Waals surface area (Å²) in [5.74, 6) is 0.513. The number of para-hydroxylation sites is 1. The molecule has 3 aliphatic rings. The first kappa shape index (κ1) is 9.71. The van der Waals surface area contributed by atoms with Crippen molar-refractivity contribution in [2.24, 2.45) is 11.3 Å². The van der Waals surface area contributed by atoms with Gasteiger partial charge >= 0.3 is 0 Å². The first-order chi connectivity index (χ1) is 7.63. The van der Waals surface area contributed by atoms with Crippen molar-refractivity contribution in [3.05, 3.63) is 54.6 Å². The lowest BCUT2D eigenvalue weighted by Crippen LogP contribution is -2.58. The molecule has 16 heavy (non-hydrogen) atoms. The largest absolute Gasteiger partial charge is 0.369 e. The van der Waals surface area contributed by atoms with Crippen LogP contribution in [0.3, 0.4) is 0 Å². The minimum atomic E-state index is 0.152. The van der Waals surface area contributed by atoms with Crippen LogP contribution in [0.2, 0.25) is 0 Å². The molecule has 0 unspecified atom stereocenters. The predicted octanol–water partition coefficient (Wildman–Crippen LogP) is 3.26. The van der Waals surface area contributed by atoms with Crippen molar-refractivity contribution in [3.8, 4) is 0 Å². The smallest absolute Gasteiger partial charge is 0.0366 e. The highest BCUT2D eigenvalue weighted by Crippen LogP contribution is 2.57. The average Bonchev–Trinajstić information content (AvgIpc) is 2.33. The van der Waals surface area contributed by atoms with Crippen LogP contribution in [0.4, 0.5) is 5.69 Å². The highest BCUT2D eigenvalue weighted by atomic mass is 15.2. The second kappa shape index (κ2) is 3.00. The summed E-state index contributed by atoms with van der Waals surface area (Å²) in [5, 5.41) is 0. The fourth-order valence-electron chi connectivity index (χ4n) is 3.03. The number of hydrogen-bond acceptors (Lipinski definition) is 1. The van der Waals surface area contributed by atoms with E-state index in [9.17, 15) is 0 Å². The Kier molecular flexibility index (Phi) is 1.82. The van der Waals surface area contributed by atoms with Gasteiger partial charge in [-0.15, -0.1) is 0 Å². The SMILES string of the molecule is C=C1C2CN(c3ccccc3)CC1(C)C2=C. The van der Waals surface area contributed by atoms with Gasteiger partial charge in [0.15, 0.2) is 0 Å². The number of rotatable bonds is 1. The summed E-state index contributed by atoms with van der Waals surface area (Å²) in [5.41, 5.74) is 4.23. The molecule has 2 bridgehead atoms. The van der Waals surface area contributed by atoms with E-state index in [-0.39, 0.29) is 5.41 Å². The zero-order valence-corrected chi connectivity index (χ0v) is 9.74. The molecule has 1 aliphatic carbocycles. The Morgan fingerprint density at radius 1 is 1.19 bits per heavy atom. The summed E-state index contributed by atoms with van der Waals surface area (Å²) in [6.45, 7) is 12.8. The number of nitrogens with zero attached hydrogens (tertiary/aromatic N) is 1. The molecular formula is C15H17N. The third-order valence-electron chi connectivity index (χ3n) is 4.29. The van der Waals surface area contributed by atoms with Gasteiger partial charge in [0.25, 0.3) is 0 Å². The second-order valence-corrected chi connectivity index (χ2v) is 5.15. The number of anilines is 1. The lowest BCUT2D eigenvalue weighted by Gasteiger charge is -2.59. The van der Waals surface area contributed by atoms with E-state index in [2.05, 4.69) is 55.3 Å². The number of benzene rings is 1. The minimum Gasteiger partial charge on any atom is -0.369 e. The van der Waals surface area contributed by atoms with Crippen LogP contribution in [-0.4, -0.2) is 13.1 Å². The van der Waals surface area contributed by atoms with Crippen molar-refractivity contribution in [2.75, 3.05) is 18.0 Å². The van der Waals surface area contributed by atoms with E-state index in [0.29, 0.717) is 5.92 Å². The zero-order valence-electron chi connectivity index (χ0n) is 9.74. The van der Waals surface area contributed by atoms with Crippen LogP contribution in [0.25, 0.3) is 0 Å². The van der Waals surface area contributed by atoms with Crippen LogP contribution in [0.5, 0.6) is 0 Å². The van der Waals surface area contributed by atoms with Gasteiger partial charge in [-0.05, 0) is 12.1 Å². The molecule has 4 rings (SSSR count). The van der Waals surface area contributed by atoms with Crippen LogP contribution in [0.15, 0.2) is 54.6 Å². The van der Waals surface area contributed by atoms with Gasteiger partial charge in [0.05, 0.1) is 0 Å². The molecule has 0 amide bonds. The Labute approximate surface area is 97.1 Å². The van der Waals surface area contributed by atoms with Gasteiger partial charge < -0.3 is 4.90 Å². The first-order valence-corrected chi connectivity index (χ1v) is 5.81. The third kappa shape index (κ3) is 1.06. The van der Waals surface area contributed by atoms with E-state index < -0.39 is 0 Å². The number of piperidine rings is 2. The zero-order chi connectivity index (χ0) is 11.3. The van der Waals surface area contributed by atoms with Gasteiger partial charge in [-0.1, -0.05) is 49.4 Å².